The molecule has 0 fully saturated rings. The van der Waals surface area contributed by atoms with E-state index in [-0.39, 0.29) is 12.1 Å². The highest BCUT2D eigenvalue weighted by Crippen LogP contribution is 2.21. The Morgan fingerprint density at radius 2 is 1.82 bits per heavy atom. The largest absolute Gasteiger partial charge is 0.387 e. The number of rotatable bonds is 5. The summed E-state index contributed by atoms with van der Waals surface area (Å²) in [5.74, 6) is -1.51. The first-order chi connectivity index (χ1) is 10.5. The topological polar surface area (TPSA) is 47.3 Å². The van der Waals surface area contributed by atoms with E-state index in [2.05, 4.69) is 6.07 Å². The molecule has 0 aromatic heterocycles. The second kappa shape index (κ2) is 7.12. The number of benzene rings is 2. The lowest BCUT2D eigenvalue weighted by molar-refractivity contribution is 0.117. The molecule has 0 amide bonds. The molecule has 0 saturated carbocycles. The predicted molar refractivity (Wildman–Crippen MR) is 78.8 cm³/mol. The molecular weight excluding hydrogens is 286 g/mol. The van der Waals surface area contributed by atoms with Crippen molar-refractivity contribution in [3.05, 3.63) is 70.8 Å². The Hall–Kier alpha value is -2.29. The summed E-state index contributed by atoms with van der Waals surface area (Å²) in [5.41, 5.74) is 1.12. The Kier molecular flexibility index (Phi) is 5.21. The normalized spacial score (nSPS) is 12.2. The van der Waals surface area contributed by atoms with Crippen LogP contribution in [0, 0.1) is 23.0 Å². The van der Waals surface area contributed by atoms with Gasteiger partial charge >= 0.3 is 0 Å². The summed E-state index contributed by atoms with van der Waals surface area (Å²) in [4.78, 5) is 1.74. The molecule has 2 rings (SSSR count). The molecule has 3 nitrogen and oxygen atoms in total. The molecule has 1 atom stereocenters. The maximum atomic E-state index is 13.6. The summed E-state index contributed by atoms with van der Waals surface area (Å²) in [7, 11) is 1.74. The van der Waals surface area contributed by atoms with Crippen molar-refractivity contribution >= 4 is 0 Å². The number of hydrogen-bond acceptors (Lipinski definition) is 3. The summed E-state index contributed by atoms with van der Waals surface area (Å²) in [6.07, 6.45) is -1.26. The van der Waals surface area contributed by atoms with E-state index in [9.17, 15) is 13.9 Å². The van der Waals surface area contributed by atoms with E-state index in [0.717, 1.165) is 17.7 Å². The molecule has 0 saturated heterocycles. The summed E-state index contributed by atoms with van der Waals surface area (Å²) in [6, 6.07) is 12.6. The van der Waals surface area contributed by atoms with E-state index in [1.54, 1.807) is 30.1 Å². The molecule has 0 heterocycles. The highest BCUT2D eigenvalue weighted by Gasteiger charge is 2.19. The molecule has 5 heteroatoms. The van der Waals surface area contributed by atoms with Crippen LogP contribution in [0.5, 0.6) is 0 Å². The van der Waals surface area contributed by atoms with E-state index < -0.39 is 17.7 Å². The van der Waals surface area contributed by atoms with Crippen molar-refractivity contribution < 1.29 is 13.9 Å². The van der Waals surface area contributed by atoms with Gasteiger partial charge in [-0.1, -0.05) is 18.2 Å². The Labute approximate surface area is 128 Å². The fourth-order valence-electron chi connectivity index (χ4n) is 2.33. The highest BCUT2D eigenvalue weighted by molar-refractivity contribution is 5.32. The number of aliphatic hydroxyl groups is 1. The van der Waals surface area contributed by atoms with Crippen LogP contribution in [0.25, 0.3) is 0 Å². The zero-order valence-electron chi connectivity index (χ0n) is 12.1. The lowest BCUT2D eigenvalue weighted by atomic mass is 10.1. The maximum Gasteiger partial charge on any atom is 0.131 e. The van der Waals surface area contributed by atoms with Crippen LogP contribution in [0.2, 0.25) is 0 Å². The molecule has 2 aromatic rings. The zero-order chi connectivity index (χ0) is 16.1. The van der Waals surface area contributed by atoms with Gasteiger partial charge in [-0.3, -0.25) is 4.90 Å². The predicted octanol–water partition coefficient (Wildman–Crippen LogP) is 3.00. The van der Waals surface area contributed by atoms with Crippen molar-refractivity contribution in [2.45, 2.75) is 12.6 Å². The quantitative estimate of drug-likeness (QED) is 0.923. The van der Waals surface area contributed by atoms with Crippen LogP contribution in [0.1, 0.15) is 22.8 Å². The fraction of sp³-hybridized carbons (Fsp3) is 0.235. The first-order valence-corrected chi connectivity index (χ1v) is 6.81. The first kappa shape index (κ1) is 16.1. The number of hydrogen-bond donors (Lipinski definition) is 1. The third-order valence-electron chi connectivity index (χ3n) is 3.33. The van der Waals surface area contributed by atoms with Gasteiger partial charge < -0.3 is 5.11 Å². The van der Waals surface area contributed by atoms with Gasteiger partial charge in [0.05, 0.1) is 23.3 Å². The van der Waals surface area contributed by atoms with Crippen LogP contribution in [-0.2, 0) is 6.54 Å². The third-order valence-corrected chi connectivity index (χ3v) is 3.33. The van der Waals surface area contributed by atoms with Crippen LogP contribution in [0.3, 0.4) is 0 Å². The summed E-state index contributed by atoms with van der Waals surface area (Å²) >= 11 is 0. The molecule has 114 valence electrons. The minimum atomic E-state index is -1.26. The Morgan fingerprint density at radius 1 is 1.18 bits per heavy atom. The standard InChI is InChI=1S/C17H16F2N2O/c1-21(10-13-5-2-4-12(8-13)9-20)11-16(22)17-14(18)6-3-7-15(17)19/h2-8,16,22H,10-11H2,1H3. The average molecular weight is 302 g/mol. The van der Waals surface area contributed by atoms with E-state index in [0.29, 0.717) is 12.1 Å². The highest BCUT2D eigenvalue weighted by atomic mass is 19.1. The number of nitrogens with zero attached hydrogens (tertiary/aromatic N) is 2. The van der Waals surface area contributed by atoms with Crippen LogP contribution >= 0.6 is 0 Å². The number of nitriles is 1. The second-order valence-electron chi connectivity index (χ2n) is 5.16. The molecule has 0 aliphatic heterocycles. The summed E-state index contributed by atoms with van der Waals surface area (Å²) < 4.78 is 27.2. The van der Waals surface area contributed by atoms with Gasteiger partial charge in [-0.25, -0.2) is 8.78 Å². The molecular formula is C17H16F2N2O. The van der Waals surface area contributed by atoms with E-state index in [4.69, 9.17) is 5.26 Å². The Morgan fingerprint density at radius 3 is 2.45 bits per heavy atom. The molecule has 0 spiro atoms. The minimum Gasteiger partial charge on any atom is -0.387 e. The fourth-order valence-corrected chi connectivity index (χ4v) is 2.33. The van der Waals surface area contributed by atoms with Gasteiger partial charge in [0.1, 0.15) is 11.6 Å². The van der Waals surface area contributed by atoms with Gasteiger partial charge in [-0.05, 0) is 36.9 Å². The van der Waals surface area contributed by atoms with E-state index in [1.807, 2.05) is 6.07 Å². The third kappa shape index (κ3) is 3.88. The second-order valence-corrected chi connectivity index (χ2v) is 5.16. The lowest BCUT2D eigenvalue weighted by Gasteiger charge is -2.21. The average Bonchev–Trinajstić information content (AvgIpc) is 2.47. The molecule has 2 aromatic carbocycles. The van der Waals surface area contributed by atoms with Gasteiger partial charge in [0.2, 0.25) is 0 Å². The van der Waals surface area contributed by atoms with Crippen molar-refractivity contribution in [1.29, 1.82) is 5.26 Å². The Balaban J connectivity index is 2.05. The van der Waals surface area contributed by atoms with E-state index in [1.165, 1.54) is 6.07 Å². The maximum absolute atomic E-state index is 13.6. The lowest BCUT2D eigenvalue weighted by Crippen LogP contribution is -2.25. The molecule has 0 aliphatic carbocycles. The van der Waals surface area contributed by atoms with Crippen molar-refractivity contribution in [2.75, 3.05) is 13.6 Å². The van der Waals surface area contributed by atoms with Crippen molar-refractivity contribution in [3.63, 3.8) is 0 Å². The molecule has 1 N–H and O–H groups in total. The molecule has 1 unspecified atom stereocenters. The summed E-state index contributed by atoms with van der Waals surface area (Å²) in [6.45, 7) is 0.539. The van der Waals surface area contributed by atoms with Crippen molar-refractivity contribution in [2.24, 2.45) is 0 Å². The van der Waals surface area contributed by atoms with Gasteiger partial charge in [-0.2, -0.15) is 5.26 Å². The van der Waals surface area contributed by atoms with Crippen LogP contribution in [0.15, 0.2) is 42.5 Å². The number of aliphatic hydroxyl groups excluding tert-OH is 1. The molecule has 22 heavy (non-hydrogen) atoms. The zero-order valence-corrected chi connectivity index (χ0v) is 12.1. The summed E-state index contributed by atoms with van der Waals surface area (Å²) in [5, 5.41) is 18.9. The van der Waals surface area contributed by atoms with Gasteiger partial charge in [0.25, 0.3) is 0 Å². The van der Waals surface area contributed by atoms with Gasteiger partial charge in [0, 0.05) is 13.1 Å². The van der Waals surface area contributed by atoms with Gasteiger partial charge in [-0.15, -0.1) is 0 Å². The van der Waals surface area contributed by atoms with Crippen LogP contribution in [0.4, 0.5) is 8.78 Å². The smallest absolute Gasteiger partial charge is 0.131 e. The van der Waals surface area contributed by atoms with Crippen LogP contribution in [-0.4, -0.2) is 23.6 Å². The molecule has 0 radical (unpaired) electrons. The Bertz CT molecular complexity index is 677. The van der Waals surface area contributed by atoms with E-state index >= 15 is 0 Å². The number of halogens is 2. The SMILES string of the molecule is CN(Cc1cccc(C#N)c1)CC(O)c1c(F)cccc1F. The first-order valence-electron chi connectivity index (χ1n) is 6.81. The van der Waals surface area contributed by atoms with Crippen molar-refractivity contribution in [3.8, 4) is 6.07 Å². The van der Waals surface area contributed by atoms with Gasteiger partial charge in [0.15, 0.2) is 0 Å². The number of likely N-dealkylation sites (N-methyl/N-ethyl adjacent to an activating group) is 1. The van der Waals surface area contributed by atoms with Crippen LogP contribution < -0.4 is 0 Å². The van der Waals surface area contributed by atoms with Crippen molar-refractivity contribution in [1.82, 2.24) is 4.90 Å². The monoisotopic (exact) mass is 302 g/mol. The minimum absolute atomic E-state index is 0.0780. The molecule has 0 aliphatic rings. The molecule has 0 bridgehead atoms.